The summed E-state index contributed by atoms with van der Waals surface area (Å²) in [7, 11) is 0. The summed E-state index contributed by atoms with van der Waals surface area (Å²) in [4.78, 5) is 4.46. The summed E-state index contributed by atoms with van der Waals surface area (Å²) in [5.41, 5.74) is -26.5. The Morgan fingerprint density at radius 2 is 0.571 bits per heavy atom. The van der Waals surface area contributed by atoms with Crippen molar-refractivity contribution in [2.75, 3.05) is 0 Å². The van der Waals surface area contributed by atoms with E-state index in [0.29, 0.717) is 0 Å². The average Bonchev–Trinajstić information content (AvgIpc) is 3.30. The zero-order chi connectivity index (χ0) is 57.5. The van der Waals surface area contributed by atoms with E-state index in [2.05, 4.69) is 64.3 Å². The molecule has 0 atom stereocenters. The Morgan fingerprint density at radius 3 is 0.818 bits per heavy atom. The van der Waals surface area contributed by atoms with Crippen LogP contribution in [0.25, 0.3) is 0 Å². The van der Waals surface area contributed by atoms with Crippen LogP contribution in [0, 0.1) is 0 Å². The van der Waals surface area contributed by atoms with Crippen molar-refractivity contribution in [2.45, 2.75) is 62.4 Å². The number of benzene rings is 6. The summed E-state index contributed by atoms with van der Waals surface area (Å²) >= 11 is 0. The highest BCUT2D eigenvalue weighted by atomic mass is 19.4. The van der Waals surface area contributed by atoms with E-state index in [-0.39, 0.29) is 0 Å². The van der Waals surface area contributed by atoms with E-state index in [0.717, 1.165) is 18.7 Å². The Kier molecular flexibility index (Phi) is 16.1. The molecular formula is C50H29BF24N2. The van der Waals surface area contributed by atoms with Crippen molar-refractivity contribution < 1.29 is 110 Å². The first-order chi connectivity index (χ1) is 35.2. The molecule has 7 aromatic rings. The molecule has 0 aliphatic heterocycles. The van der Waals surface area contributed by atoms with Crippen molar-refractivity contribution in [3.05, 3.63) is 213 Å². The van der Waals surface area contributed by atoms with Gasteiger partial charge in [0.2, 0.25) is 0 Å². The van der Waals surface area contributed by atoms with Crippen LogP contribution in [0.3, 0.4) is 0 Å². The molecule has 0 radical (unpaired) electrons. The van der Waals surface area contributed by atoms with Crippen LogP contribution in [0.15, 0.2) is 152 Å². The van der Waals surface area contributed by atoms with Crippen molar-refractivity contribution in [1.82, 2.24) is 4.98 Å². The molecule has 77 heavy (non-hydrogen) atoms. The standard InChI is InChI=1S/C32H12BF24.C18H17N2/c34-25(35,36)13-1-14(26(37,38)39)6-21(5-13)33(22-7-15(27(40,41)42)2-16(8-22)28(43,44)45,23-9-17(29(46,47)48)3-18(10-23)30(49,50)51)24-11-19(31(52,53)54)4-20(12-24)32(55,56)57;1-3-7-16(8-4-1)13-18-15-20(12-11-19-18)14-17-9-5-2-6-10-17/h1-12H;1-12,15H,13-14H2/q-1;+1. The van der Waals surface area contributed by atoms with Crippen LogP contribution in [0.1, 0.15) is 61.3 Å². The molecule has 2 nitrogen and oxygen atoms in total. The SMILES string of the molecule is FC(F)(F)c1cc([B-](c2cc(C(F)(F)F)cc(C(F)(F)F)c2)(c2cc(C(F)(F)F)cc(C(F)(F)F)c2)c2cc(C(F)(F)F)cc(C(F)(F)F)c2)cc(C(F)(F)F)c1.c1ccc(Cc2c[n+](Cc3ccccc3)ccn2)cc1. The molecule has 0 N–H and O–H groups in total. The number of hydrogen-bond acceptors (Lipinski definition) is 1. The van der Waals surface area contributed by atoms with Crippen molar-refractivity contribution >= 4 is 28.0 Å². The minimum Gasteiger partial charge on any atom is -0.248 e. The summed E-state index contributed by atoms with van der Waals surface area (Å²) in [6, 6.07) is 12.1. The maximum absolute atomic E-state index is 14.2. The Balaban J connectivity index is 0.000000397. The number of rotatable bonds is 8. The zero-order valence-electron chi connectivity index (χ0n) is 37.9. The summed E-state index contributed by atoms with van der Waals surface area (Å²) in [5.74, 6) is 0. The van der Waals surface area contributed by atoms with Gasteiger partial charge >= 0.3 is 49.4 Å². The lowest BCUT2D eigenvalue weighted by Crippen LogP contribution is -2.75. The first-order valence-electron chi connectivity index (χ1n) is 21.4. The zero-order valence-corrected chi connectivity index (χ0v) is 37.9. The van der Waals surface area contributed by atoms with E-state index in [1.165, 1.54) is 11.1 Å². The van der Waals surface area contributed by atoms with Crippen molar-refractivity contribution in [3.63, 3.8) is 0 Å². The predicted molar refractivity (Wildman–Crippen MR) is 229 cm³/mol. The van der Waals surface area contributed by atoms with Crippen LogP contribution in [-0.2, 0) is 62.4 Å². The molecule has 0 amide bonds. The van der Waals surface area contributed by atoms with Gasteiger partial charge in [0.1, 0.15) is 11.8 Å². The summed E-state index contributed by atoms with van der Waals surface area (Å²) in [6.07, 6.45) is -47.9. The van der Waals surface area contributed by atoms with Gasteiger partial charge < -0.3 is 0 Å². The number of alkyl halides is 24. The van der Waals surface area contributed by atoms with Gasteiger partial charge in [0.15, 0.2) is 18.9 Å². The van der Waals surface area contributed by atoms with E-state index in [9.17, 15) is 105 Å². The number of halogens is 24. The third-order valence-corrected chi connectivity index (χ3v) is 11.7. The average molecular weight is 1120 g/mol. The first-order valence-corrected chi connectivity index (χ1v) is 21.4. The smallest absolute Gasteiger partial charge is 0.248 e. The maximum atomic E-state index is 14.2. The molecule has 0 spiro atoms. The van der Waals surface area contributed by atoms with Gasteiger partial charge in [-0.1, -0.05) is 109 Å². The van der Waals surface area contributed by atoms with Gasteiger partial charge in [-0.05, 0) is 29.8 Å². The summed E-state index contributed by atoms with van der Waals surface area (Å²) < 4.78 is 343. The summed E-state index contributed by atoms with van der Waals surface area (Å²) in [5, 5.41) is 0. The van der Waals surface area contributed by atoms with Crippen LogP contribution >= 0.6 is 0 Å². The van der Waals surface area contributed by atoms with Gasteiger partial charge in [-0.3, -0.25) is 0 Å². The monoisotopic (exact) mass is 1120 g/mol. The van der Waals surface area contributed by atoms with Gasteiger partial charge in [0, 0.05) is 12.0 Å². The van der Waals surface area contributed by atoms with E-state index in [1.807, 2.05) is 24.5 Å². The highest BCUT2D eigenvalue weighted by molar-refractivity contribution is 7.20. The molecular weight excluding hydrogens is 1100 g/mol. The number of nitrogens with zero attached hydrogens (tertiary/aromatic N) is 2. The summed E-state index contributed by atoms with van der Waals surface area (Å²) in [6.45, 7) is 0.880. The second kappa shape index (κ2) is 21.0. The van der Waals surface area contributed by atoms with E-state index in [1.54, 1.807) is 0 Å². The second-order valence-corrected chi connectivity index (χ2v) is 17.1. The maximum Gasteiger partial charge on any atom is 0.416 e. The lowest BCUT2D eigenvalue weighted by Gasteiger charge is -2.46. The molecule has 0 unspecified atom stereocenters. The lowest BCUT2D eigenvalue weighted by molar-refractivity contribution is -0.689. The van der Waals surface area contributed by atoms with Gasteiger partial charge in [-0.25, -0.2) is 4.98 Å². The molecule has 0 fully saturated rings. The molecule has 7 rings (SSSR count). The van der Waals surface area contributed by atoms with Crippen LogP contribution in [-0.4, -0.2) is 11.1 Å². The van der Waals surface area contributed by atoms with Crippen LogP contribution in [0.4, 0.5) is 105 Å². The molecule has 0 bridgehead atoms. The fraction of sp³-hybridized carbons (Fsp3) is 0.200. The normalized spacial score (nSPS) is 13.3. The molecule has 27 heteroatoms. The van der Waals surface area contributed by atoms with Gasteiger partial charge in [-0.2, -0.15) is 132 Å². The topological polar surface area (TPSA) is 16.8 Å². The molecule has 0 saturated heterocycles. The van der Waals surface area contributed by atoms with E-state index in [4.69, 9.17) is 0 Å². The largest absolute Gasteiger partial charge is 0.416 e. The van der Waals surface area contributed by atoms with E-state index < -0.39 is 195 Å². The fourth-order valence-corrected chi connectivity index (χ4v) is 8.34. The second-order valence-electron chi connectivity index (χ2n) is 17.1. The molecule has 1 aromatic heterocycles. The molecule has 0 aliphatic carbocycles. The van der Waals surface area contributed by atoms with E-state index >= 15 is 0 Å². The van der Waals surface area contributed by atoms with Crippen LogP contribution < -0.4 is 26.4 Å². The lowest BCUT2D eigenvalue weighted by atomic mass is 9.12. The minimum absolute atomic E-state index is 0.691. The Bertz CT molecular complexity index is 2690. The number of aromatic nitrogens is 2. The highest BCUT2D eigenvalue weighted by Gasteiger charge is 2.47. The van der Waals surface area contributed by atoms with Crippen LogP contribution in [0.5, 0.6) is 0 Å². The van der Waals surface area contributed by atoms with Crippen molar-refractivity contribution in [2.24, 2.45) is 0 Å². The Morgan fingerprint density at radius 1 is 0.325 bits per heavy atom. The Hall–Kier alpha value is -7.22. The quantitative estimate of drug-likeness (QED) is 0.0842. The fourth-order valence-electron chi connectivity index (χ4n) is 8.34. The first kappa shape index (κ1) is 59.0. The highest BCUT2D eigenvalue weighted by Crippen LogP contribution is 2.41. The Labute approximate surface area is 418 Å². The van der Waals surface area contributed by atoms with Crippen LogP contribution in [0.2, 0.25) is 0 Å². The number of hydrogen-bond donors (Lipinski definition) is 0. The molecule has 6 aromatic carbocycles. The van der Waals surface area contributed by atoms with Gasteiger partial charge in [-0.15, -0.1) is 0 Å². The van der Waals surface area contributed by atoms with Crippen molar-refractivity contribution in [1.29, 1.82) is 0 Å². The predicted octanol–water partition coefficient (Wildman–Crippen LogP) is 14.2. The molecule has 1 heterocycles. The van der Waals surface area contributed by atoms with Gasteiger partial charge in [0.05, 0.1) is 50.7 Å². The molecule has 0 aliphatic rings. The third-order valence-electron chi connectivity index (χ3n) is 11.7. The van der Waals surface area contributed by atoms with Gasteiger partial charge in [0.25, 0.3) is 0 Å². The molecule has 0 saturated carbocycles. The molecule has 410 valence electrons. The minimum atomic E-state index is -6.13. The van der Waals surface area contributed by atoms with Crippen molar-refractivity contribution in [3.8, 4) is 0 Å². The third kappa shape index (κ3) is 14.2.